The van der Waals surface area contributed by atoms with Gasteiger partial charge in [0.15, 0.2) is 5.70 Å². The standard InChI is InChI=1S/C6H10F3N3/c1-4(3-11-2)5(12-10)6(7,8)9/h10-11H,3H2,1-2H3. The molecule has 0 aliphatic rings. The van der Waals surface area contributed by atoms with Gasteiger partial charge in [-0.05, 0) is 19.5 Å². The van der Waals surface area contributed by atoms with Gasteiger partial charge in [-0.25, -0.2) is 5.53 Å². The first-order valence-corrected chi connectivity index (χ1v) is 3.22. The van der Waals surface area contributed by atoms with Gasteiger partial charge in [-0.1, -0.05) is 0 Å². The predicted octanol–water partition coefficient (Wildman–Crippen LogP) is 2.07. The van der Waals surface area contributed by atoms with Crippen LogP contribution < -0.4 is 5.32 Å². The number of hydrogen-bond acceptors (Lipinski definition) is 3. The van der Waals surface area contributed by atoms with Crippen LogP contribution in [-0.2, 0) is 0 Å². The summed E-state index contributed by atoms with van der Waals surface area (Å²) < 4.78 is 36.0. The first kappa shape index (κ1) is 11.1. The molecule has 0 saturated carbocycles. The van der Waals surface area contributed by atoms with Crippen molar-refractivity contribution in [2.45, 2.75) is 13.1 Å². The molecule has 0 unspecified atom stereocenters. The number of likely N-dealkylation sites (N-methyl/N-ethyl adjacent to an activating group) is 1. The van der Waals surface area contributed by atoms with Gasteiger partial charge in [0.25, 0.3) is 0 Å². The Kier molecular flexibility index (Phi) is 3.88. The summed E-state index contributed by atoms with van der Waals surface area (Å²) in [6, 6.07) is 0. The van der Waals surface area contributed by atoms with Crippen LogP contribution in [0.25, 0.3) is 0 Å². The van der Waals surface area contributed by atoms with Gasteiger partial charge in [0.2, 0.25) is 0 Å². The van der Waals surface area contributed by atoms with Crippen LogP contribution in [-0.4, -0.2) is 19.8 Å². The number of halogens is 3. The maximum absolute atomic E-state index is 12.0. The normalized spacial score (nSPS) is 14.1. The third kappa shape index (κ3) is 3.00. The van der Waals surface area contributed by atoms with Gasteiger partial charge in [-0.2, -0.15) is 18.3 Å². The van der Waals surface area contributed by atoms with Gasteiger partial charge in [0, 0.05) is 6.54 Å². The minimum atomic E-state index is -4.53. The zero-order valence-electron chi connectivity index (χ0n) is 6.79. The molecule has 0 aromatic heterocycles. The Hall–Kier alpha value is -0.910. The van der Waals surface area contributed by atoms with E-state index in [0.29, 0.717) is 0 Å². The molecule has 0 heterocycles. The van der Waals surface area contributed by atoms with E-state index in [4.69, 9.17) is 5.53 Å². The average molecular weight is 181 g/mol. The second-order valence-electron chi connectivity index (χ2n) is 2.27. The Morgan fingerprint density at radius 3 is 2.25 bits per heavy atom. The third-order valence-electron chi connectivity index (χ3n) is 1.23. The largest absolute Gasteiger partial charge is 0.435 e. The highest BCUT2D eigenvalue weighted by Crippen LogP contribution is 2.28. The van der Waals surface area contributed by atoms with E-state index in [-0.39, 0.29) is 12.1 Å². The van der Waals surface area contributed by atoms with Crippen molar-refractivity contribution in [3.63, 3.8) is 0 Å². The molecule has 0 atom stereocenters. The molecule has 6 heteroatoms. The summed E-state index contributed by atoms with van der Waals surface area (Å²) in [5.41, 5.74) is 5.23. The fourth-order valence-electron chi connectivity index (χ4n) is 0.750. The van der Waals surface area contributed by atoms with Crippen molar-refractivity contribution in [1.29, 1.82) is 5.53 Å². The van der Waals surface area contributed by atoms with Crippen molar-refractivity contribution in [2.24, 2.45) is 5.11 Å². The van der Waals surface area contributed by atoms with Crippen LogP contribution in [0.3, 0.4) is 0 Å². The van der Waals surface area contributed by atoms with E-state index in [1.54, 1.807) is 0 Å². The van der Waals surface area contributed by atoms with Crippen molar-refractivity contribution in [2.75, 3.05) is 13.6 Å². The van der Waals surface area contributed by atoms with Gasteiger partial charge in [0.05, 0.1) is 0 Å². The van der Waals surface area contributed by atoms with Gasteiger partial charge < -0.3 is 5.32 Å². The summed E-state index contributed by atoms with van der Waals surface area (Å²) in [4.78, 5) is 0. The lowest BCUT2D eigenvalue weighted by molar-refractivity contribution is -0.0941. The Morgan fingerprint density at radius 2 is 2.00 bits per heavy atom. The minimum Gasteiger partial charge on any atom is -0.316 e. The molecule has 0 aromatic rings. The molecule has 2 N–H and O–H groups in total. The van der Waals surface area contributed by atoms with Crippen LogP contribution in [0, 0.1) is 5.53 Å². The van der Waals surface area contributed by atoms with E-state index in [1.165, 1.54) is 14.0 Å². The van der Waals surface area contributed by atoms with Crippen molar-refractivity contribution in [3.05, 3.63) is 11.3 Å². The topological polar surface area (TPSA) is 48.2 Å². The molecule has 0 aromatic carbocycles. The Bertz CT molecular complexity index is 195. The smallest absolute Gasteiger partial charge is 0.316 e. The van der Waals surface area contributed by atoms with Crippen LogP contribution in [0.15, 0.2) is 16.4 Å². The second kappa shape index (κ2) is 4.20. The van der Waals surface area contributed by atoms with E-state index < -0.39 is 11.9 Å². The minimum absolute atomic E-state index is 0.0139. The van der Waals surface area contributed by atoms with Gasteiger partial charge >= 0.3 is 6.18 Å². The van der Waals surface area contributed by atoms with E-state index >= 15 is 0 Å². The molecule has 0 bridgehead atoms. The average Bonchev–Trinajstić information content (AvgIpc) is 1.85. The highest BCUT2D eigenvalue weighted by Gasteiger charge is 2.35. The Morgan fingerprint density at radius 1 is 1.50 bits per heavy atom. The summed E-state index contributed by atoms with van der Waals surface area (Å²) >= 11 is 0. The maximum atomic E-state index is 12.0. The second-order valence-corrected chi connectivity index (χ2v) is 2.27. The van der Waals surface area contributed by atoms with E-state index in [2.05, 4.69) is 10.4 Å². The quantitative estimate of drug-likeness (QED) is 0.643. The third-order valence-corrected chi connectivity index (χ3v) is 1.23. The summed E-state index contributed by atoms with van der Waals surface area (Å²) in [7, 11) is 1.53. The van der Waals surface area contributed by atoms with Crippen LogP contribution in [0.1, 0.15) is 6.92 Å². The fraction of sp³-hybridized carbons (Fsp3) is 0.667. The van der Waals surface area contributed by atoms with Crippen LogP contribution in [0.5, 0.6) is 0 Å². The molecule has 0 rings (SSSR count). The van der Waals surface area contributed by atoms with Gasteiger partial charge in [-0.15, -0.1) is 0 Å². The molecule has 0 saturated heterocycles. The molecule has 0 aliphatic heterocycles. The summed E-state index contributed by atoms with van der Waals surface area (Å²) in [6.45, 7) is 1.37. The highest BCUT2D eigenvalue weighted by molar-refractivity contribution is 5.16. The van der Waals surface area contributed by atoms with Crippen LogP contribution >= 0.6 is 0 Å². The molecule has 3 nitrogen and oxygen atoms in total. The van der Waals surface area contributed by atoms with Crippen LogP contribution in [0.2, 0.25) is 0 Å². The summed E-state index contributed by atoms with van der Waals surface area (Å²) in [5.74, 6) is 0. The highest BCUT2D eigenvalue weighted by atomic mass is 19.4. The first-order valence-electron chi connectivity index (χ1n) is 3.22. The lowest BCUT2D eigenvalue weighted by Crippen LogP contribution is -2.17. The van der Waals surface area contributed by atoms with Crippen molar-refractivity contribution in [1.82, 2.24) is 5.32 Å². The van der Waals surface area contributed by atoms with Gasteiger partial charge in [0.1, 0.15) is 0 Å². The van der Waals surface area contributed by atoms with Crippen molar-refractivity contribution in [3.8, 4) is 0 Å². The maximum Gasteiger partial charge on any atom is 0.435 e. The van der Waals surface area contributed by atoms with Crippen molar-refractivity contribution < 1.29 is 13.2 Å². The molecule has 0 aliphatic carbocycles. The summed E-state index contributed by atoms with van der Waals surface area (Å²) in [6.07, 6.45) is -4.53. The Balaban J connectivity index is 4.73. The molecule has 0 spiro atoms. The molecule has 0 amide bonds. The zero-order valence-corrected chi connectivity index (χ0v) is 6.79. The lowest BCUT2D eigenvalue weighted by Gasteiger charge is -2.08. The van der Waals surface area contributed by atoms with Gasteiger partial charge in [-0.3, -0.25) is 0 Å². The number of rotatable bonds is 3. The summed E-state index contributed by atoms with van der Waals surface area (Å²) in [5, 5.41) is 5.00. The molecule has 12 heavy (non-hydrogen) atoms. The number of allylic oxidation sites excluding steroid dienone is 1. The first-order chi connectivity index (χ1) is 5.43. The molecular formula is C6H10F3N3. The Labute approximate surface area is 68.2 Å². The number of nitrogens with one attached hydrogen (secondary N) is 2. The number of hydrogen-bond donors (Lipinski definition) is 2. The molecular weight excluding hydrogens is 171 g/mol. The molecule has 0 radical (unpaired) electrons. The predicted molar refractivity (Wildman–Crippen MR) is 37.8 cm³/mol. The fourth-order valence-corrected chi connectivity index (χ4v) is 0.750. The number of alkyl halides is 3. The number of nitrogens with zero attached hydrogens (tertiary/aromatic N) is 1. The zero-order chi connectivity index (χ0) is 9.78. The SMILES string of the molecule is CNCC(C)=C(N=N)C(F)(F)F. The van der Waals surface area contributed by atoms with E-state index in [9.17, 15) is 13.2 Å². The molecule has 0 fully saturated rings. The van der Waals surface area contributed by atoms with E-state index in [0.717, 1.165) is 0 Å². The monoisotopic (exact) mass is 181 g/mol. The van der Waals surface area contributed by atoms with Crippen LogP contribution in [0.4, 0.5) is 13.2 Å². The lowest BCUT2D eigenvalue weighted by atomic mass is 10.2. The van der Waals surface area contributed by atoms with E-state index in [1.807, 2.05) is 0 Å². The van der Waals surface area contributed by atoms with Crippen molar-refractivity contribution >= 4 is 0 Å². The molecule has 70 valence electrons.